The van der Waals surface area contributed by atoms with E-state index in [2.05, 4.69) is 0 Å². The number of primary amides is 1. The molecule has 0 aliphatic rings. The molecule has 1 aromatic rings. The molecule has 0 bridgehead atoms. The number of aliphatic carboxylic acids is 1. The van der Waals surface area contributed by atoms with Crippen molar-refractivity contribution >= 4 is 11.9 Å². The van der Waals surface area contributed by atoms with Crippen molar-refractivity contribution in [1.29, 1.82) is 0 Å². The van der Waals surface area contributed by atoms with Gasteiger partial charge in [-0.15, -0.1) is 0 Å². The molecule has 7 heteroatoms. The summed E-state index contributed by atoms with van der Waals surface area (Å²) in [7, 11) is 0. The van der Waals surface area contributed by atoms with Crippen LogP contribution in [0.25, 0.3) is 0 Å². The van der Waals surface area contributed by atoms with Crippen molar-refractivity contribution in [2.45, 2.75) is 18.6 Å². The molecular weight excluding hydrogens is 245 g/mol. The van der Waals surface area contributed by atoms with Gasteiger partial charge in [-0.2, -0.15) is 0 Å². The number of carboxylic acids is 1. The van der Waals surface area contributed by atoms with Crippen LogP contribution >= 0.6 is 0 Å². The second-order valence-electron chi connectivity index (χ2n) is 3.71. The SMILES string of the molecule is NC(=O)C(O)C(O)c1ccc(CC(=O)O)c(F)c1. The maximum Gasteiger partial charge on any atom is 0.307 e. The molecule has 0 aliphatic carbocycles. The zero-order chi connectivity index (χ0) is 13.9. The molecule has 0 saturated carbocycles. The third-order valence-electron chi connectivity index (χ3n) is 2.35. The van der Waals surface area contributed by atoms with Crippen LogP contribution in [0.5, 0.6) is 0 Å². The smallest absolute Gasteiger partial charge is 0.307 e. The number of nitrogens with two attached hydrogens (primary N) is 1. The second-order valence-corrected chi connectivity index (χ2v) is 3.71. The molecule has 2 atom stereocenters. The number of amides is 1. The first-order chi connectivity index (χ1) is 8.32. The Labute approximate surface area is 101 Å². The number of aliphatic hydroxyl groups is 2. The van der Waals surface area contributed by atoms with E-state index in [4.69, 9.17) is 10.8 Å². The molecule has 0 heterocycles. The Morgan fingerprint density at radius 1 is 1.33 bits per heavy atom. The fourth-order valence-electron chi connectivity index (χ4n) is 1.39. The van der Waals surface area contributed by atoms with E-state index in [0.717, 1.165) is 12.1 Å². The van der Waals surface area contributed by atoms with Crippen LogP contribution < -0.4 is 5.73 Å². The number of carbonyl (C=O) groups excluding carboxylic acids is 1. The fraction of sp³-hybridized carbons (Fsp3) is 0.273. The molecule has 18 heavy (non-hydrogen) atoms. The summed E-state index contributed by atoms with van der Waals surface area (Å²) < 4.78 is 13.5. The molecule has 0 spiro atoms. The average Bonchev–Trinajstić information content (AvgIpc) is 2.29. The van der Waals surface area contributed by atoms with E-state index < -0.39 is 36.3 Å². The van der Waals surface area contributed by atoms with Gasteiger partial charge >= 0.3 is 5.97 Å². The highest BCUT2D eigenvalue weighted by atomic mass is 19.1. The summed E-state index contributed by atoms with van der Waals surface area (Å²) in [6.07, 6.45) is -4.01. The minimum absolute atomic E-state index is 0.0621. The predicted octanol–water partition coefficient (Wildman–Crippen LogP) is -0.668. The molecule has 0 aliphatic heterocycles. The van der Waals surface area contributed by atoms with E-state index in [9.17, 15) is 24.2 Å². The van der Waals surface area contributed by atoms with E-state index in [1.54, 1.807) is 0 Å². The average molecular weight is 257 g/mol. The summed E-state index contributed by atoms with van der Waals surface area (Å²) in [5.74, 6) is -3.18. The van der Waals surface area contributed by atoms with Crippen molar-refractivity contribution in [2.24, 2.45) is 5.73 Å². The van der Waals surface area contributed by atoms with Crippen LogP contribution in [0.1, 0.15) is 17.2 Å². The van der Waals surface area contributed by atoms with Crippen LogP contribution in [0.2, 0.25) is 0 Å². The molecular formula is C11H12FNO5. The summed E-state index contributed by atoms with van der Waals surface area (Å²) in [5.41, 5.74) is 4.66. The standard InChI is InChI=1S/C11H12FNO5/c12-7-3-6(9(16)10(17)11(13)18)2-1-5(7)4-8(14)15/h1-3,9-10,16-17H,4H2,(H2,13,18)(H,14,15). The number of benzene rings is 1. The molecule has 1 rings (SSSR count). The monoisotopic (exact) mass is 257 g/mol. The Kier molecular flexibility index (Phi) is 4.35. The Bertz CT molecular complexity index is 477. The van der Waals surface area contributed by atoms with E-state index in [-0.39, 0.29) is 11.1 Å². The van der Waals surface area contributed by atoms with Crippen LogP contribution in [-0.2, 0) is 16.0 Å². The molecule has 0 fully saturated rings. The molecule has 0 radical (unpaired) electrons. The Hall–Kier alpha value is -1.99. The van der Waals surface area contributed by atoms with Gasteiger partial charge in [0.05, 0.1) is 6.42 Å². The van der Waals surface area contributed by atoms with Crippen molar-refractivity contribution in [3.8, 4) is 0 Å². The van der Waals surface area contributed by atoms with Gasteiger partial charge in [-0.25, -0.2) is 4.39 Å². The lowest BCUT2D eigenvalue weighted by atomic mass is 10.0. The predicted molar refractivity (Wildman–Crippen MR) is 57.9 cm³/mol. The van der Waals surface area contributed by atoms with E-state index in [1.165, 1.54) is 6.07 Å². The number of carbonyl (C=O) groups is 2. The lowest BCUT2D eigenvalue weighted by molar-refractivity contribution is -0.136. The quantitative estimate of drug-likeness (QED) is 0.557. The minimum atomic E-state index is -1.85. The topological polar surface area (TPSA) is 121 Å². The molecule has 0 aromatic heterocycles. The number of aliphatic hydroxyl groups excluding tert-OH is 2. The van der Waals surface area contributed by atoms with Gasteiger partial charge in [-0.1, -0.05) is 12.1 Å². The number of carboxylic acid groups (broad SMARTS) is 1. The van der Waals surface area contributed by atoms with Crippen LogP contribution in [-0.4, -0.2) is 33.3 Å². The highest BCUT2D eigenvalue weighted by Crippen LogP contribution is 2.20. The second kappa shape index (κ2) is 5.56. The summed E-state index contributed by atoms with van der Waals surface area (Å²) >= 11 is 0. The number of hydrogen-bond donors (Lipinski definition) is 4. The van der Waals surface area contributed by atoms with Crippen molar-refractivity contribution in [3.05, 3.63) is 35.1 Å². The van der Waals surface area contributed by atoms with Crippen molar-refractivity contribution < 1.29 is 29.3 Å². The Morgan fingerprint density at radius 3 is 2.39 bits per heavy atom. The Morgan fingerprint density at radius 2 is 1.94 bits per heavy atom. The van der Waals surface area contributed by atoms with Gasteiger partial charge in [-0.3, -0.25) is 9.59 Å². The van der Waals surface area contributed by atoms with Gasteiger partial charge < -0.3 is 21.1 Å². The van der Waals surface area contributed by atoms with Gasteiger partial charge in [0, 0.05) is 0 Å². The van der Waals surface area contributed by atoms with E-state index in [0.29, 0.717) is 0 Å². The highest BCUT2D eigenvalue weighted by molar-refractivity contribution is 5.79. The van der Waals surface area contributed by atoms with Crippen molar-refractivity contribution in [2.75, 3.05) is 0 Å². The molecule has 98 valence electrons. The first kappa shape index (κ1) is 14.1. The van der Waals surface area contributed by atoms with Gasteiger partial charge in [0.2, 0.25) is 5.91 Å². The molecule has 2 unspecified atom stereocenters. The van der Waals surface area contributed by atoms with Gasteiger partial charge in [-0.05, 0) is 17.2 Å². The third-order valence-corrected chi connectivity index (χ3v) is 2.35. The number of halogens is 1. The molecule has 0 saturated heterocycles. The zero-order valence-corrected chi connectivity index (χ0v) is 9.21. The lowest BCUT2D eigenvalue weighted by Gasteiger charge is -2.15. The number of rotatable bonds is 5. The maximum atomic E-state index is 13.5. The van der Waals surface area contributed by atoms with Crippen LogP contribution in [0, 0.1) is 5.82 Å². The normalized spacial score (nSPS) is 13.9. The largest absolute Gasteiger partial charge is 0.481 e. The molecule has 1 amide bonds. The van der Waals surface area contributed by atoms with Crippen molar-refractivity contribution in [3.63, 3.8) is 0 Å². The summed E-state index contributed by atoms with van der Waals surface area (Å²) in [4.78, 5) is 21.1. The van der Waals surface area contributed by atoms with Crippen LogP contribution in [0.4, 0.5) is 4.39 Å². The summed E-state index contributed by atoms with van der Waals surface area (Å²) in [6, 6.07) is 3.24. The Balaban J connectivity index is 2.96. The van der Waals surface area contributed by atoms with Crippen LogP contribution in [0.15, 0.2) is 18.2 Å². The van der Waals surface area contributed by atoms with Gasteiger partial charge in [0.15, 0.2) is 6.10 Å². The zero-order valence-electron chi connectivity index (χ0n) is 9.21. The molecule has 5 N–H and O–H groups in total. The first-order valence-electron chi connectivity index (χ1n) is 4.98. The van der Waals surface area contributed by atoms with Gasteiger partial charge in [0.1, 0.15) is 11.9 Å². The van der Waals surface area contributed by atoms with Gasteiger partial charge in [0.25, 0.3) is 0 Å². The molecule has 1 aromatic carbocycles. The number of hydrogen-bond acceptors (Lipinski definition) is 4. The van der Waals surface area contributed by atoms with E-state index >= 15 is 0 Å². The highest BCUT2D eigenvalue weighted by Gasteiger charge is 2.24. The minimum Gasteiger partial charge on any atom is -0.481 e. The van der Waals surface area contributed by atoms with E-state index in [1.807, 2.05) is 0 Å². The molecule has 6 nitrogen and oxygen atoms in total. The third kappa shape index (κ3) is 3.25. The lowest BCUT2D eigenvalue weighted by Crippen LogP contribution is -2.33. The fourth-order valence-corrected chi connectivity index (χ4v) is 1.39. The maximum absolute atomic E-state index is 13.5. The summed E-state index contributed by atoms with van der Waals surface area (Å²) in [6.45, 7) is 0. The van der Waals surface area contributed by atoms with Crippen molar-refractivity contribution in [1.82, 2.24) is 0 Å². The first-order valence-corrected chi connectivity index (χ1v) is 4.98. The summed E-state index contributed by atoms with van der Waals surface area (Å²) in [5, 5.41) is 27.2. The van der Waals surface area contributed by atoms with Crippen LogP contribution in [0.3, 0.4) is 0 Å².